The number of nitrogens with two attached hydrogens (primary N) is 1. The molecule has 0 saturated carbocycles. The standard InChI is InChI=1S/C18H19N3O6/c1-26-13-8-10(7-12(17(22)23)15(13)27-2)14(18(24)25)21-11-5-3-9(4-6-11)16(19)20/h3-8,14,21H,1-2H3,(H3,19,20)(H,22,23)(H,24,25). The fourth-order valence-electron chi connectivity index (χ4n) is 2.51. The van der Waals surface area contributed by atoms with Crippen LogP contribution in [-0.2, 0) is 4.79 Å². The summed E-state index contributed by atoms with van der Waals surface area (Å²) in [6.45, 7) is 0. The van der Waals surface area contributed by atoms with Gasteiger partial charge in [0.05, 0.1) is 14.2 Å². The highest BCUT2D eigenvalue weighted by Gasteiger charge is 2.25. The summed E-state index contributed by atoms with van der Waals surface area (Å²) in [5.41, 5.74) is 6.30. The molecule has 1 unspecified atom stereocenters. The Labute approximate surface area is 154 Å². The van der Waals surface area contributed by atoms with Crippen LogP contribution < -0.4 is 20.5 Å². The largest absolute Gasteiger partial charge is 0.493 e. The van der Waals surface area contributed by atoms with E-state index in [1.807, 2.05) is 0 Å². The molecular formula is C18H19N3O6. The van der Waals surface area contributed by atoms with Crippen molar-refractivity contribution in [3.63, 3.8) is 0 Å². The van der Waals surface area contributed by atoms with Crippen molar-refractivity contribution in [2.75, 3.05) is 19.5 Å². The third kappa shape index (κ3) is 4.27. The van der Waals surface area contributed by atoms with Crippen LogP contribution in [0.2, 0.25) is 0 Å². The minimum Gasteiger partial charge on any atom is -0.493 e. The van der Waals surface area contributed by atoms with Gasteiger partial charge in [0.1, 0.15) is 11.4 Å². The number of hydrogen-bond acceptors (Lipinski definition) is 6. The predicted octanol–water partition coefficient (Wildman–Crippen LogP) is 1.92. The lowest BCUT2D eigenvalue weighted by Crippen LogP contribution is -2.21. The Morgan fingerprint density at radius 2 is 1.74 bits per heavy atom. The Kier molecular flexibility index (Phi) is 5.86. The molecular weight excluding hydrogens is 354 g/mol. The number of benzene rings is 2. The number of hydrogen-bond donors (Lipinski definition) is 5. The third-order valence-corrected chi connectivity index (χ3v) is 3.82. The lowest BCUT2D eigenvalue weighted by atomic mass is 10.0. The van der Waals surface area contributed by atoms with Gasteiger partial charge in [-0.15, -0.1) is 0 Å². The first-order chi connectivity index (χ1) is 12.8. The van der Waals surface area contributed by atoms with E-state index in [0.717, 1.165) is 0 Å². The molecule has 2 aromatic rings. The molecule has 9 heteroatoms. The SMILES string of the molecule is COc1cc(C(Nc2ccc(C(=N)N)cc2)C(=O)O)cc(C(=O)O)c1OC. The Bertz CT molecular complexity index is 879. The number of ether oxygens (including phenoxy) is 2. The van der Waals surface area contributed by atoms with E-state index in [1.165, 1.54) is 26.4 Å². The molecule has 0 saturated heterocycles. The van der Waals surface area contributed by atoms with Crippen molar-refractivity contribution in [2.24, 2.45) is 5.73 Å². The first-order valence-electron chi connectivity index (χ1n) is 7.71. The lowest BCUT2D eigenvalue weighted by molar-refractivity contribution is -0.138. The van der Waals surface area contributed by atoms with E-state index in [4.69, 9.17) is 20.6 Å². The van der Waals surface area contributed by atoms with Crippen molar-refractivity contribution in [3.05, 3.63) is 53.1 Å². The molecule has 27 heavy (non-hydrogen) atoms. The molecule has 0 amide bonds. The van der Waals surface area contributed by atoms with E-state index in [0.29, 0.717) is 11.3 Å². The van der Waals surface area contributed by atoms with Crippen LogP contribution in [0.25, 0.3) is 0 Å². The third-order valence-electron chi connectivity index (χ3n) is 3.82. The summed E-state index contributed by atoms with van der Waals surface area (Å²) in [6, 6.07) is 7.67. The van der Waals surface area contributed by atoms with Crippen LogP contribution in [0.5, 0.6) is 11.5 Å². The van der Waals surface area contributed by atoms with Crippen molar-refractivity contribution in [3.8, 4) is 11.5 Å². The fourth-order valence-corrected chi connectivity index (χ4v) is 2.51. The maximum atomic E-state index is 11.8. The van der Waals surface area contributed by atoms with Gasteiger partial charge in [0.15, 0.2) is 17.5 Å². The molecule has 9 nitrogen and oxygen atoms in total. The van der Waals surface area contributed by atoms with Gasteiger partial charge in [-0.3, -0.25) is 5.41 Å². The van der Waals surface area contributed by atoms with E-state index >= 15 is 0 Å². The predicted molar refractivity (Wildman–Crippen MR) is 98.0 cm³/mol. The zero-order chi connectivity index (χ0) is 20.1. The van der Waals surface area contributed by atoms with Crippen molar-refractivity contribution in [1.29, 1.82) is 5.41 Å². The van der Waals surface area contributed by atoms with Gasteiger partial charge in [-0.1, -0.05) is 0 Å². The van der Waals surface area contributed by atoms with Gasteiger partial charge < -0.3 is 30.7 Å². The molecule has 2 aromatic carbocycles. The van der Waals surface area contributed by atoms with Crippen LogP contribution in [0.1, 0.15) is 27.5 Å². The molecule has 0 aliphatic carbocycles. The van der Waals surface area contributed by atoms with Crippen LogP contribution >= 0.6 is 0 Å². The Hall–Kier alpha value is -3.75. The molecule has 1 atom stereocenters. The first-order valence-corrected chi connectivity index (χ1v) is 7.71. The number of carbonyl (C=O) groups is 2. The minimum absolute atomic E-state index is 0.00343. The summed E-state index contributed by atoms with van der Waals surface area (Å²) >= 11 is 0. The average molecular weight is 373 g/mol. The number of nitrogens with one attached hydrogen (secondary N) is 2. The zero-order valence-corrected chi connectivity index (χ0v) is 14.6. The Morgan fingerprint density at radius 1 is 1.11 bits per heavy atom. The van der Waals surface area contributed by atoms with Crippen molar-refractivity contribution < 1.29 is 29.3 Å². The van der Waals surface area contributed by atoms with Gasteiger partial charge in [-0.2, -0.15) is 0 Å². The van der Waals surface area contributed by atoms with Crippen LogP contribution in [0.15, 0.2) is 36.4 Å². The van der Waals surface area contributed by atoms with Crippen LogP contribution in [0, 0.1) is 5.41 Å². The highest BCUT2D eigenvalue weighted by atomic mass is 16.5. The van der Waals surface area contributed by atoms with Crippen LogP contribution in [0.3, 0.4) is 0 Å². The Morgan fingerprint density at radius 3 is 2.19 bits per heavy atom. The number of rotatable bonds is 8. The molecule has 2 rings (SSSR count). The van der Waals surface area contributed by atoms with Gasteiger partial charge in [0.25, 0.3) is 0 Å². The van der Waals surface area contributed by atoms with Gasteiger partial charge >= 0.3 is 11.9 Å². The molecule has 0 bridgehead atoms. The van der Waals surface area contributed by atoms with E-state index in [1.54, 1.807) is 24.3 Å². The molecule has 0 heterocycles. The summed E-state index contributed by atoms with van der Waals surface area (Å²) in [6.07, 6.45) is 0. The number of aliphatic carboxylic acids is 1. The molecule has 142 valence electrons. The topological polar surface area (TPSA) is 155 Å². The van der Waals surface area contributed by atoms with Gasteiger partial charge in [-0.05, 0) is 42.0 Å². The number of anilines is 1. The van der Waals surface area contributed by atoms with E-state index in [-0.39, 0.29) is 28.5 Å². The summed E-state index contributed by atoms with van der Waals surface area (Å²) < 4.78 is 10.2. The molecule has 0 aromatic heterocycles. The highest BCUT2D eigenvalue weighted by molar-refractivity contribution is 5.95. The van der Waals surface area contributed by atoms with Crippen LogP contribution in [0.4, 0.5) is 5.69 Å². The van der Waals surface area contributed by atoms with Gasteiger partial charge in [-0.25, -0.2) is 9.59 Å². The molecule has 0 aliphatic rings. The molecule has 0 spiro atoms. The second-order valence-corrected chi connectivity index (χ2v) is 5.52. The van der Waals surface area contributed by atoms with Crippen LogP contribution in [-0.4, -0.2) is 42.2 Å². The molecule has 0 aliphatic heterocycles. The monoisotopic (exact) mass is 373 g/mol. The summed E-state index contributed by atoms with van der Waals surface area (Å²) in [7, 11) is 2.63. The molecule has 0 radical (unpaired) electrons. The fraction of sp³-hybridized carbons (Fsp3) is 0.167. The minimum atomic E-state index is -1.28. The number of carboxylic acid groups (broad SMARTS) is 2. The van der Waals surface area contributed by atoms with E-state index < -0.39 is 18.0 Å². The average Bonchev–Trinajstić information content (AvgIpc) is 2.64. The lowest BCUT2D eigenvalue weighted by Gasteiger charge is -2.19. The number of amidine groups is 1. The second-order valence-electron chi connectivity index (χ2n) is 5.52. The smallest absolute Gasteiger partial charge is 0.339 e. The highest BCUT2D eigenvalue weighted by Crippen LogP contribution is 2.35. The van der Waals surface area contributed by atoms with E-state index in [9.17, 15) is 19.8 Å². The maximum absolute atomic E-state index is 11.8. The zero-order valence-electron chi connectivity index (χ0n) is 14.6. The molecule has 0 fully saturated rings. The number of nitrogen functional groups attached to an aromatic ring is 1. The van der Waals surface area contributed by atoms with Crippen molar-refractivity contribution >= 4 is 23.5 Å². The molecule has 6 N–H and O–H groups in total. The summed E-state index contributed by atoms with van der Waals surface area (Å²) in [4.78, 5) is 23.3. The summed E-state index contributed by atoms with van der Waals surface area (Å²) in [5.74, 6) is -2.49. The number of carboxylic acids is 2. The van der Waals surface area contributed by atoms with Gasteiger partial charge in [0, 0.05) is 11.3 Å². The van der Waals surface area contributed by atoms with Crippen molar-refractivity contribution in [1.82, 2.24) is 0 Å². The van der Waals surface area contributed by atoms with Gasteiger partial charge in [0.2, 0.25) is 0 Å². The quantitative estimate of drug-likeness (QED) is 0.347. The normalized spacial score (nSPS) is 11.3. The van der Waals surface area contributed by atoms with Crippen molar-refractivity contribution in [2.45, 2.75) is 6.04 Å². The van der Waals surface area contributed by atoms with E-state index in [2.05, 4.69) is 5.32 Å². The summed E-state index contributed by atoms with van der Waals surface area (Å²) in [5, 5.41) is 29.2. The first kappa shape index (κ1) is 19.6. The Balaban J connectivity index is 2.47. The number of methoxy groups -OCH3 is 2. The number of aromatic carboxylic acids is 1. The second kappa shape index (κ2) is 8.09. The maximum Gasteiger partial charge on any atom is 0.339 e.